The number of amides is 1. The van der Waals surface area contributed by atoms with E-state index in [2.05, 4.69) is 0 Å². The largest absolute Gasteiger partial charge is 0.496 e. The number of ether oxygens (including phenoxy) is 2. The van der Waals surface area contributed by atoms with Crippen molar-refractivity contribution in [3.8, 4) is 5.75 Å². The van der Waals surface area contributed by atoms with E-state index in [-0.39, 0.29) is 12.5 Å². The molecule has 1 aromatic heterocycles. The van der Waals surface area contributed by atoms with Crippen LogP contribution in [-0.4, -0.2) is 37.5 Å². The Morgan fingerprint density at radius 2 is 1.81 bits per heavy atom. The van der Waals surface area contributed by atoms with Crippen molar-refractivity contribution in [2.45, 2.75) is 6.54 Å². The third-order valence-corrected chi connectivity index (χ3v) is 5.73. The van der Waals surface area contributed by atoms with Gasteiger partial charge in [-0.15, -0.1) is 11.3 Å². The van der Waals surface area contributed by atoms with Gasteiger partial charge in [-0.05, 0) is 12.1 Å². The second-order valence-electron chi connectivity index (χ2n) is 5.88. The minimum Gasteiger partial charge on any atom is -0.496 e. The summed E-state index contributed by atoms with van der Waals surface area (Å²) in [6.07, 6.45) is 0. The Morgan fingerprint density at radius 1 is 1.11 bits per heavy atom. The van der Waals surface area contributed by atoms with Gasteiger partial charge in [-0.3, -0.25) is 4.79 Å². The number of esters is 1. The third-order valence-electron chi connectivity index (χ3n) is 4.07. The molecule has 0 bridgehead atoms. The van der Waals surface area contributed by atoms with Crippen LogP contribution in [0.4, 0.5) is 0 Å². The second kappa shape index (κ2) is 8.41. The fourth-order valence-corrected chi connectivity index (χ4v) is 4.03. The maximum absolute atomic E-state index is 12.3. The summed E-state index contributed by atoms with van der Waals surface area (Å²) in [7, 11) is 3.23. The molecule has 0 spiro atoms. The first-order valence-corrected chi connectivity index (χ1v) is 9.40. The van der Waals surface area contributed by atoms with Crippen LogP contribution in [0.3, 0.4) is 0 Å². The van der Waals surface area contributed by atoms with Crippen molar-refractivity contribution in [3.05, 3.63) is 64.0 Å². The molecule has 0 aliphatic heterocycles. The Labute approximate surface area is 166 Å². The van der Waals surface area contributed by atoms with Crippen molar-refractivity contribution in [1.82, 2.24) is 4.90 Å². The van der Waals surface area contributed by atoms with Crippen molar-refractivity contribution in [2.75, 3.05) is 20.8 Å². The number of fused-ring (bicyclic) bond motifs is 1. The maximum atomic E-state index is 12.3. The van der Waals surface area contributed by atoms with Crippen LogP contribution >= 0.6 is 22.9 Å². The van der Waals surface area contributed by atoms with Gasteiger partial charge in [0.2, 0.25) is 0 Å². The summed E-state index contributed by atoms with van der Waals surface area (Å²) in [4.78, 5) is 26.4. The minimum atomic E-state index is -0.597. The summed E-state index contributed by atoms with van der Waals surface area (Å²) in [5, 5.41) is 1.16. The molecule has 0 atom stereocenters. The van der Waals surface area contributed by atoms with Gasteiger partial charge in [0, 0.05) is 29.2 Å². The quantitative estimate of drug-likeness (QED) is 0.573. The van der Waals surface area contributed by atoms with Crippen LogP contribution < -0.4 is 4.74 Å². The van der Waals surface area contributed by atoms with Gasteiger partial charge in [-0.1, -0.05) is 48.0 Å². The maximum Gasteiger partial charge on any atom is 0.350 e. The van der Waals surface area contributed by atoms with E-state index in [0.717, 1.165) is 15.6 Å². The smallest absolute Gasteiger partial charge is 0.350 e. The standard InChI is InChI=1S/C20H18ClNO4S/c1-22(11-13-7-3-5-9-15(13)25-2)17(23)12-26-20(24)19-18(21)14-8-4-6-10-16(14)27-19/h3-10H,11-12H2,1-2H3. The van der Waals surface area contributed by atoms with Crippen molar-refractivity contribution in [1.29, 1.82) is 0 Å². The Balaban J connectivity index is 1.62. The second-order valence-corrected chi connectivity index (χ2v) is 7.31. The van der Waals surface area contributed by atoms with E-state index < -0.39 is 5.97 Å². The average Bonchev–Trinajstić information content (AvgIpc) is 3.03. The molecule has 3 rings (SSSR count). The number of halogens is 1. The number of nitrogens with zero attached hydrogens (tertiary/aromatic N) is 1. The van der Waals surface area contributed by atoms with Crippen LogP contribution in [0.1, 0.15) is 15.2 Å². The van der Waals surface area contributed by atoms with Crippen molar-refractivity contribution in [3.63, 3.8) is 0 Å². The van der Waals surface area contributed by atoms with E-state index in [0.29, 0.717) is 22.2 Å². The summed E-state index contributed by atoms with van der Waals surface area (Å²) in [5.74, 6) is -0.210. The Hall–Kier alpha value is -2.57. The molecule has 0 radical (unpaired) electrons. The monoisotopic (exact) mass is 403 g/mol. The molecule has 5 nitrogen and oxygen atoms in total. The van der Waals surface area contributed by atoms with E-state index in [1.807, 2.05) is 48.5 Å². The van der Waals surface area contributed by atoms with Crippen LogP contribution in [0.5, 0.6) is 5.75 Å². The third kappa shape index (κ3) is 4.23. The van der Waals surface area contributed by atoms with Crippen molar-refractivity contribution < 1.29 is 19.1 Å². The van der Waals surface area contributed by atoms with Crippen LogP contribution in [0.15, 0.2) is 48.5 Å². The predicted octanol–water partition coefficient (Wildman–Crippen LogP) is 4.38. The highest BCUT2D eigenvalue weighted by atomic mass is 35.5. The molecular formula is C20H18ClNO4S. The zero-order valence-electron chi connectivity index (χ0n) is 14.9. The van der Waals surface area contributed by atoms with Crippen LogP contribution in [-0.2, 0) is 16.1 Å². The van der Waals surface area contributed by atoms with Gasteiger partial charge in [0.05, 0.1) is 12.1 Å². The summed E-state index contributed by atoms with van der Waals surface area (Å²) in [5.41, 5.74) is 0.870. The molecule has 2 aromatic carbocycles. The molecule has 7 heteroatoms. The molecule has 27 heavy (non-hydrogen) atoms. The first-order valence-electron chi connectivity index (χ1n) is 8.21. The van der Waals surface area contributed by atoms with E-state index in [9.17, 15) is 9.59 Å². The van der Waals surface area contributed by atoms with Crippen LogP contribution in [0.25, 0.3) is 10.1 Å². The zero-order valence-corrected chi connectivity index (χ0v) is 16.5. The highest BCUT2D eigenvalue weighted by molar-refractivity contribution is 7.21. The fraction of sp³-hybridized carbons (Fsp3) is 0.200. The van der Waals surface area contributed by atoms with Crippen molar-refractivity contribution in [2.24, 2.45) is 0 Å². The molecule has 0 unspecified atom stereocenters. The first-order chi connectivity index (χ1) is 13.0. The molecule has 0 aliphatic carbocycles. The lowest BCUT2D eigenvalue weighted by Crippen LogP contribution is -2.30. The number of likely N-dealkylation sites (N-methyl/N-ethyl adjacent to an activating group) is 1. The number of thiophene rings is 1. The minimum absolute atomic E-state index is 0.304. The predicted molar refractivity (Wildman–Crippen MR) is 107 cm³/mol. The van der Waals surface area contributed by atoms with Gasteiger partial charge in [0.15, 0.2) is 6.61 Å². The number of hydrogen-bond acceptors (Lipinski definition) is 5. The number of rotatable bonds is 6. The lowest BCUT2D eigenvalue weighted by molar-refractivity contribution is -0.133. The summed E-state index contributed by atoms with van der Waals surface area (Å²) < 4.78 is 11.4. The zero-order chi connectivity index (χ0) is 19.4. The number of hydrogen-bond donors (Lipinski definition) is 0. The van der Waals surface area contributed by atoms with E-state index in [1.54, 1.807) is 14.2 Å². The molecule has 1 amide bonds. The van der Waals surface area contributed by atoms with Gasteiger partial charge in [0.25, 0.3) is 5.91 Å². The fourth-order valence-electron chi connectivity index (χ4n) is 2.63. The molecule has 0 saturated carbocycles. The summed E-state index contributed by atoms with van der Waals surface area (Å²) in [6, 6.07) is 14.9. The van der Waals surface area contributed by atoms with Gasteiger partial charge >= 0.3 is 5.97 Å². The van der Waals surface area contributed by atoms with Crippen LogP contribution in [0, 0.1) is 0 Å². The number of methoxy groups -OCH3 is 1. The highest BCUT2D eigenvalue weighted by Crippen LogP contribution is 2.35. The van der Waals surface area contributed by atoms with Gasteiger partial charge in [0.1, 0.15) is 10.6 Å². The van der Waals surface area contributed by atoms with Crippen molar-refractivity contribution >= 4 is 44.9 Å². The molecule has 0 aliphatic rings. The molecular weight excluding hydrogens is 386 g/mol. The molecule has 0 fully saturated rings. The number of carbonyl (C=O) groups is 2. The topological polar surface area (TPSA) is 55.8 Å². The number of carbonyl (C=O) groups excluding carboxylic acids is 2. The molecule has 0 saturated heterocycles. The van der Waals surface area contributed by atoms with Gasteiger partial charge < -0.3 is 14.4 Å². The van der Waals surface area contributed by atoms with E-state index >= 15 is 0 Å². The van der Waals surface area contributed by atoms with Gasteiger partial charge in [-0.2, -0.15) is 0 Å². The number of benzene rings is 2. The SMILES string of the molecule is COc1ccccc1CN(C)C(=O)COC(=O)c1sc2ccccc2c1Cl. The Bertz CT molecular complexity index is 985. The molecule has 1 heterocycles. The Kier molecular flexibility index (Phi) is 5.98. The van der Waals surface area contributed by atoms with Crippen LogP contribution in [0.2, 0.25) is 5.02 Å². The first kappa shape index (κ1) is 19.2. The normalized spacial score (nSPS) is 10.6. The molecule has 140 valence electrons. The summed E-state index contributed by atoms with van der Waals surface area (Å²) in [6.45, 7) is -0.000895. The lowest BCUT2D eigenvalue weighted by Gasteiger charge is -2.18. The molecule has 0 N–H and O–H groups in total. The van der Waals surface area contributed by atoms with E-state index in [1.165, 1.54) is 16.2 Å². The van der Waals surface area contributed by atoms with Gasteiger partial charge in [-0.25, -0.2) is 4.79 Å². The lowest BCUT2D eigenvalue weighted by atomic mass is 10.2. The number of para-hydroxylation sites is 1. The highest BCUT2D eigenvalue weighted by Gasteiger charge is 2.20. The van der Waals surface area contributed by atoms with E-state index in [4.69, 9.17) is 21.1 Å². The Morgan fingerprint density at radius 3 is 2.56 bits per heavy atom. The molecule has 3 aromatic rings. The average molecular weight is 404 g/mol. The summed E-state index contributed by atoms with van der Waals surface area (Å²) >= 11 is 7.52.